The quantitative estimate of drug-likeness (QED) is 0.138. The van der Waals surface area contributed by atoms with Crippen molar-refractivity contribution in [3.8, 4) is 0 Å². The second kappa shape index (κ2) is 49.9. The average Bonchev–Trinajstić information content (AvgIpc) is 0.876. The Morgan fingerprint density at radius 2 is 0.932 bits per heavy atom. The largest absolute Gasteiger partial charge is 0.460 e. The van der Waals surface area contributed by atoms with E-state index < -0.39 is 0 Å². The van der Waals surface area contributed by atoms with Crippen molar-refractivity contribution in [1.82, 2.24) is 19.7 Å². The van der Waals surface area contributed by atoms with Crippen LogP contribution in [0.1, 0.15) is 330 Å². The molecule has 0 N–H and O–H groups in total. The van der Waals surface area contributed by atoms with Crippen molar-refractivity contribution in [2.75, 3.05) is 86.5 Å². The molecule has 3 aliphatic heterocycles. The Hall–Kier alpha value is -3.90. The molecule has 2 aromatic rings. The first-order valence-electron chi connectivity index (χ1n) is 39.8. The highest BCUT2D eigenvalue weighted by atomic mass is 16.6. The molecule has 0 atom stereocenters. The summed E-state index contributed by atoms with van der Waals surface area (Å²) < 4.78 is 20.5. The van der Waals surface area contributed by atoms with E-state index in [9.17, 15) is 14.4 Å². The van der Waals surface area contributed by atoms with E-state index >= 15 is 0 Å². The molecule has 5 aliphatic rings. The lowest BCUT2D eigenvalue weighted by Gasteiger charge is -2.33. The van der Waals surface area contributed by atoms with Crippen LogP contribution in [0.15, 0.2) is 78.2 Å². The van der Waals surface area contributed by atoms with Crippen LogP contribution in [-0.4, -0.2) is 130 Å². The molecule has 4 heterocycles. The number of nitrogens with zero attached hydrogens (tertiary/aromatic N) is 4. The van der Waals surface area contributed by atoms with E-state index in [1.54, 1.807) is 19.6 Å². The van der Waals surface area contributed by atoms with Crippen molar-refractivity contribution in [2.24, 2.45) is 60.6 Å². The molecule has 103 heavy (non-hydrogen) atoms. The number of rotatable bonds is 9. The Kier molecular flexibility index (Phi) is 50.1. The lowest BCUT2D eigenvalue weighted by Crippen LogP contribution is -2.41. The number of hydrogen-bond acceptors (Lipinski definition) is 9. The molecular weight excluding hydrogens is 1270 g/mol. The monoisotopic (exact) mass is 1450 g/mol. The van der Waals surface area contributed by atoms with Crippen molar-refractivity contribution in [2.45, 2.75) is 337 Å². The molecule has 2 saturated carbocycles. The summed E-state index contributed by atoms with van der Waals surface area (Å²) in [7, 11) is 3.86. The number of aromatic nitrogens is 1. The molecule has 3 fully saturated rings. The van der Waals surface area contributed by atoms with E-state index in [2.05, 4.69) is 232 Å². The van der Waals surface area contributed by atoms with Crippen LogP contribution >= 0.6 is 0 Å². The molecule has 1 aromatic heterocycles. The summed E-state index contributed by atoms with van der Waals surface area (Å²) in [5.74, 6) is 2.33. The summed E-state index contributed by atoms with van der Waals surface area (Å²) in [6.45, 7) is 76.8. The summed E-state index contributed by atoms with van der Waals surface area (Å²) in [6.07, 6.45) is 29.8. The maximum atomic E-state index is 11.7. The number of esters is 1. The third-order valence-electron chi connectivity index (χ3n) is 18.3. The zero-order valence-corrected chi connectivity index (χ0v) is 73.5. The number of likely N-dealkylation sites (N-methyl/N-ethyl adjacent to an activating group) is 1. The molecule has 0 spiro atoms. The van der Waals surface area contributed by atoms with Gasteiger partial charge >= 0.3 is 5.97 Å². The fourth-order valence-corrected chi connectivity index (χ4v) is 12.2. The van der Waals surface area contributed by atoms with Crippen LogP contribution in [-0.2, 0) is 46.2 Å². The molecule has 1 aromatic carbocycles. The van der Waals surface area contributed by atoms with Gasteiger partial charge in [0.15, 0.2) is 0 Å². The molecule has 2 amide bonds. The second-order valence-corrected chi connectivity index (χ2v) is 40.9. The Morgan fingerprint density at radius 1 is 0.495 bits per heavy atom. The van der Waals surface area contributed by atoms with Gasteiger partial charge in [-0.05, 0) is 163 Å². The number of methoxy groups -OCH3 is 1. The molecule has 1 saturated heterocycles. The highest BCUT2D eigenvalue weighted by Gasteiger charge is 2.29. The van der Waals surface area contributed by atoms with Gasteiger partial charge in [0.1, 0.15) is 5.60 Å². The van der Waals surface area contributed by atoms with Crippen LogP contribution in [0.25, 0.3) is 0 Å². The van der Waals surface area contributed by atoms with E-state index in [0.717, 1.165) is 76.8 Å². The molecule has 0 radical (unpaired) electrons. The van der Waals surface area contributed by atoms with Gasteiger partial charge in [0, 0.05) is 78.7 Å². The number of carbonyl (C=O) groups is 3. The predicted molar refractivity (Wildman–Crippen MR) is 448 cm³/mol. The standard InChI is InChI=1S/C11H19NO.C11H16.C10H19NO2.C10H19N.C10H15N.C10H20O2.2C10H20.C9H20O2.CH4/c1-9(13)12-7-5-10(6-8-12)11(2,3)4;1-11(2,3)9-10-7-5-4-6-8-10;1-10(2,3)8-9(12)11-4-6-13-7-5-11;1-10(2,3)9-5-7-11(4)8-6-9;1-10(2,3)7-9-5-4-6-11-8-9;1-9(2,3)7-8(11)12-10(4,5)6;2*1-10(2,3)9-7-5-4-6-8-9;1-9(2,3)5-6-11-8-7-10-4;/h5H,6-8H2,1-4H3;4-8H,9H2,1-3H3;4-8H2,1-3H3;5H,6-8H2,1-4H3;4-6,8H,7H2,1-3H3;7H2,1-6H3;2*9H,4-8H2,1-3H3;5-8H2,1-4H3;1H4. The van der Waals surface area contributed by atoms with Crippen LogP contribution in [0.4, 0.5) is 0 Å². The molecule has 0 bridgehead atoms. The van der Waals surface area contributed by atoms with Gasteiger partial charge in [0.25, 0.3) is 0 Å². The molecule has 11 heteroatoms. The van der Waals surface area contributed by atoms with E-state index in [1.165, 1.54) is 93.9 Å². The molecule has 7 rings (SSSR count). The van der Waals surface area contributed by atoms with Crippen molar-refractivity contribution >= 4 is 17.8 Å². The lowest BCUT2D eigenvalue weighted by atomic mass is 9.72. The number of amides is 2. The van der Waals surface area contributed by atoms with Gasteiger partial charge in [-0.3, -0.25) is 19.4 Å². The Bertz CT molecular complexity index is 2440. The minimum atomic E-state index is -0.359. The molecular formula is C92H172N4O7. The first-order chi connectivity index (χ1) is 46.4. The topological polar surface area (TPSA) is 111 Å². The van der Waals surface area contributed by atoms with Crippen molar-refractivity contribution < 1.29 is 33.3 Å². The number of carbonyl (C=O) groups excluding carboxylic acids is 3. The van der Waals surface area contributed by atoms with E-state index in [0.29, 0.717) is 71.8 Å². The minimum absolute atomic E-state index is 0. The van der Waals surface area contributed by atoms with Gasteiger partial charge < -0.3 is 33.6 Å². The number of morpholine rings is 1. The Labute approximate surface area is 640 Å². The summed E-state index contributed by atoms with van der Waals surface area (Å²) in [5, 5.41) is 0. The average molecular weight is 1450 g/mol. The third kappa shape index (κ3) is 61.8. The summed E-state index contributed by atoms with van der Waals surface area (Å²) in [6, 6.07) is 14.7. The molecule has 11 nitrogen and oxygen atoms in total. The van der Waals surface area contributed by atoms with Crippen molar-refractivity contribution in [1.29, 1.82) is 0 Å². The van der Waals surface area contributed by atoms with Gasteiger partial charge in [-0.25, -0.2) is 0 Å². The zero-order chi connectivity index (χ0) is 79.0. The molecule has 2 aliphatic carbocycles. The first kappa shape index (κ1) is 103. The van der Waals surface area contributed by atoms with Gasteiger partial charge in [0.05, 0.1) is 32.8 Å². The van der Waals surface area contributed by atoms with Gasteiger partial charge in [-0.1, -0.05) is 293 Å². The fraction of sp³-hybridized carbons (Fsp3) is 0.804. The van der Waals surface area contributed by atoms with E-state index in [4.69, 9.17) is 18.9 Å². The van der Waals surface area contributed by atoms with E-state index in [-0.39, 0.29) is 47.1 Å². The SMILES string of the molecule is C.CC(=O)N1CC=C(C(C)(C)C)CC1.CC(C)(C)C1CCCCC1.CC(C)(C)C1CCCCC1.CC(C)(C)CC(=O)N1CCOCC1.CC(C)(C)CC(=O)OC(C)(C)C.CC(C)(C)Cc1ccccc1.CC(C)(C)Cc1cccnc1.CN1CC=C(C(C)(C)C)CC1.COCCOCCC(C)(C)C. The third-order valence-corrected chi connectivity index (χ3v) is 18.3. The van der Waals surface area contributed by atoms with Crippen LogP contribution < -0.4 is 0 Å². The van der Waals surface area contributed by atoms with Crippen LogP contribution in [0.3, 0.4) is 0 Å². The number of hydrogen-bond donors (Lipinski definition) is 0. The summed E-state index contributed by atoms with van der Waals surface area (Å²) in [5.41, 5.74) is 8.54. The maximum Gasteiger partial charge on any atom is 0.306 e. The minimum Gasteiger partial charge on any atom is -0.460 e. The Morgan fingerprint density at radius 3 is 1.26 bits per heavy atom. The van der Waals surface area contributed by atoms with Crippen LogP contribution in [0.2, 0.25) is 0 Å². The normalized spacial score (nSPS) is 16.7. The first-order valence-corrected chi connectivity index (χ1v) is 39.8. The summed E-state index contributed by atoms with van der Waals surface area (Å²) >= 11 is 0. The van der Waals surface area contributed by atoms with Gasteiger partial charge in [-0.15, -0.1) is 0 Å². The highest BCUT2D eigenvalue weighted by Crippen LogP contribution is 2.39. The summed E-state index contributed by atoms with van der Waals surface area (Å²) in [4.78, 5) is 44.2. The highest BCUT2D eigenvalue weighted by molar-refractivity contribution is 5.77. The number of ether oxygens (including phenoxy) is 4. The van der Waals surface area contributed by atoms with Gasteiger partial charge in [0.2, 0.25) is 11.8 Å². The van der Waals surface area contributed by atoms with Gasteiger partial charge in [-0.2, -0.15) is 0 Å². The van der Waals surface area contributed by atoms with E-state index in [1.807, 2.05) is 69.8 Å². The number of benzene rings is 1. The second-order valence-electron chi connectivity index (χ2n) is 40.9. The maximum absolute atomic E-state index is 11.7. The molecule has 602 valence electrons. The predicted octanol–water partition coefficient (Wildman–Crippen LogP) is 24.4. The van der Waals surface area contributed by atoms with Crippen molar-refractivity contribution in [3.05, 3.63) is 89.3 Å². The smallest absolute Gasteiger partial charge is 0.306 e. The van der Waals surface area contributed by atoms with Crippen LogP contribution in [0.5, 0.6) is 0 Å². The fourth-order valence-electron chi connectivity index (χ4n) is 12.2. The van der Waals surface area contributed by atoms with Crippen LogP contribution in [0, 0.1) is 60.6 Å². The molecule has 0 unspecified atom stereocenters. The van der Waals surface area contributed by atoms with Crippen molar-refractivity contribution in [3.63, 3.8) is 0 Å². The zero-order valence-electron chi connectivity index (χ0n) is 73.5. The Balaban J connectivity index is -0.00000109. The number of pyridine rings is 1. The lowest BCUT2D eigenvalue weighted by molar-refractivity contribution is -0.157.